The Morgan fingerprint density at radius 1 is 1.23 bits per heavy atom. The molecule has 3 heterocycles. The molecular weight excluding hydrogens is 300 g/mol. The minimum absolute atomic E-state index is 0. The lowest BCUT2D eigenvalue weighted by atomic mass is 9.88. The lowest BCUT2D eigenvalue weighted by Crippen LogP contribution is -2.51. The van der Waals surface area contributed by atoms with Gasteiger partial charge in [0.2, 0.25) is 5.91 Å². The molecule has 3 atom stereocenters. The molecule has 3 aliphatic rings. The third-order valence-electron chi connectivity index (χ3n) is 5.02. The molecule has 2 saturated heterocycles. The van der Waals surface area contributed by atoms with Crippen LogP contribution in [0.25, 0.3) is 0 Å². The van der Waals surface area contributed by atoms with Crippen LogP contribution in [0.3, 0.4) is 0 Å². The third kappa shape index (κ3) is 2.63. The van der Waals surface area contributed by atoms with Crippen molar-refractivity contribution in [1.29, 1.82) is 0 Å². The summed E-state index contributed by atoms with van der Waals surface area (Å²) in [5.41, 5.74) is 8.95. The molecular formula is C16H23ClN4O. The van der Waals surface area contributed by atoms with Crippen molar-refractivity contribution in [3.05, 3.63) is 29.8 Å². The zero-order valence-corrected chi connectivity index (χ0v) is 13.4. The number of halogens is 1. The van der Waals surface area contributed by atoms with E-state index in [2.05, 4.69) is 34.4 Å². The molecule has 0 bridgehead atoms. The number of carbonyl (C=O) groups is 1. The molecule has 0 aromatic heterocycles. The molecule has 2 fully saturated rings. The number of nitrogens with one attached hydrogen (secondary N) is 3. The van der Waals surface area contributed by atoms with E-state index >= 15 is 0 Å². The highest BCUT2D eigenvalue weighted by Gasteiger charge is 2.43. The standard InChI is InChI=1S/C16H22N4O.ClH/c21-16(15-12-10-17-8-7-13(12)18-19-15)20-9-3-5-11-4-1-2-6-14(11)20;/h1-2,4,6,12-13,15,17-19H,3,5,7-10H2;1H. The topological polar surface area (TPSA) is 56.4 Å². The minimum atomic E-state index is -0.117. The molecule has 1 aromatic rings. The van der Waals surface area contributed by atoms with Gasteiger partial charge in [0.15, 0.2) is 0 Å². The molecule has 1 aromatic carbocycles. The molecule has 6 heteroatoms. The predicted octanol–water partition coefficient (Wildman–Crippen LogP) is 0.842. The SMILES string of the molecule is Cl.O=C(C1NNC2CCNCC21)N1CCCc2ccccc21. The molecule has 3 N–H and O–H groups in total. The molecule has 0 radical (unpaired) electrons. The summed E-state index contributed by atoms with van der Waals surface area (Å²) < 4.78 is 0. The highest BCUT2D eigenvalue weighted by molar-refractivity contribution is 5.98. The first-order valence-electron chi connectivity index (χ1n) is 7.95. The Balaban J connectivity index is 0.00000144. The fourth-order valence-corrected chi connectivity index (χ4v) is 3.89. The third-order valence-corrected chi connectivity index (χ3v) is 5.02. The highest BCUT2D eigenvalue weighted by atomic mass is 35.5. The van der Waals surface area contributed by atoms with Crippen LogP contribution in [-0.2, 0) is 11.2 Å². The average molecular weight is 323 g/mol. The van der Waals surface area contributed by atoms with Crippen molar-refractivity contribution in [2.45, 2.75) is 31.3 Å². The van der Waals surface area contributed by atoms with Crippen molar-refractivity contribution in [3.63, 3.8) is 0 Å². The van der Waals surface area contributed by atoms with Crippen molar-refractivity contribution in [3.8, 4) is 0 Å². The normalized spacial score (nSPS) is 30.2. The summed E-state index contributed by atoms with van der Waals surface area (Å²) in [7, 11) is 0. The van der Waals surface area contributed by atoms with Crippen LogP contribution in [0.2, 0.25) is 0 Å². The van der Waals surface area contributed by atoms with Gasteiger partial charge in [-0.1, -0.05) is 18.2 Å². The number of benzene rings is 1. The number of amides is 1. The summed E-state index contributed by atoms with van der Waals surface area (Å²) in [5, 5.41) is 3.41. The van der Waals surface area contributed by atoms with E-state index in [1.807, 2.05) is 11.0 Å². The first-order valence-corrected chi connectivity index (χ1v) is 7.95. The molecule has 0 aliphatic carbocycles. The van der Waals surface area contributed by atoms with Crippen molar-refractivity contribution < 1.29 is 4.79 Å². The Morgan fingerprint density at radius 2 is 2.09 bits per heavy atom. The van der Waals surface area contributed by atoms with Gasteiger partial charge in [-0.3, -0.25) is 10.2 Å². The number of para-hydroxylation sites is 1. The van der Waals surface area contributed by atoms with Gasteiger partial charge in [-0.15, -0.1) is 12.4 Å². The first-order chi connectivity index (χ1) is 10.3. The van der Waals surface area contributed by atoms with Gasteiger partial charge in [-0.25, -0.2) is 5.43 Å². The number of hydrogen-bond donors (Lipinski definition) is 3. The molecule has 0 spiro atoms. The second kappa shape index (κ2) is 6.54. The second-order valence-corrected chi connectivity index (χ2v) is 6.25. The summed E-state index contributed by atoms with van der Waals surface area (Å²) in [5.74, 6) is 0.561. The largest absolute Gasteiger partial charge is 0.316 e. The van der Waals surface area contributed by atoms with Gasteiger partial charge < -0.3 is 10.2 Å². The van der Waals surface area contributed by atoms with E-state index in [0.29, 0.717) is 12.0 Å². The van der Waals surface area contributed by atoms with E-state index in [4.69, 9.17) is 0 Å². The molecule has 3 unspecified atom stereocenters. The summed E-state index contributed by atoms with van der Waals surface area (Å²) in [6.07, 6.45) is 3.21. The van der Waals surface area contributed by atoms with Crippen LogP contribution in [0.4, 0.5) is 5.69 Å². The van der Waals surface area contributed by atoms with Crippen LogP contribution < -0.4 is 21.1 Å². The van der Waals surface area contributed by atoms with E-state index in [1.54, 1.807) is 0 Å². The van der Waals surface area contributed by atoms with E-state index < -0.39 is 0 Å². The Hall–Kier alpha value is -1.14. The van der Waals surface area contributed by atoms with Crippen LogP contribution in [0.15, 0.2) is 24.3 Å². The maximum atomic E-state index is 13.0. The van der Waals surface area contributed by atoms with Gasteiger partial charge in [0.25, 0.3) is 0 Å². The Kier molecular flexibility index (Phi) is 4.68. The molecule has 4 rings (SSSR count). The second-order valence-electron chi connectivity index (χ2n) is 6.25. The van der Waals surface area contributed by atoms with Crippen LogP contribution >= 0.6 is 12.4 Å². The number of hydrazine groups is 1. The van der Waals surface area contributed by atoms with E-state index in [0.717, 1.165) is 44.6 Å². The first kappa shape index (κ1) is 15.7. The van der Waals surface area contributed by atoms with Gasteiger partial charge >= 0.3 is 0 Å². The zero-order valence-electron chi connectivity index (χ0n) is 12.5. The number of nitrogens with zero attached hydrogens (tertiary/aromatic N) is 1. The summed E-state index contributed by atoms with van der Waals surface area (Å²) in [6.45, 7) is 2.78. The molecule has 120 valence electrons. The summed E-state index contributed by atoms with van der Waals surface area (Å²) in [4.78, 5) is 15.0. The van der Waals surface area contributed by atoms with E-state index in [9.17, 15) is 4.79 Å². The van der Waals surface area contributed by atoms with Crippen molar-refractivity contribution in [2.75, 3.05) is 24.5 Å². The molecule has 0 saturated carbocycles. The van der Waals surface area contributed by atoms with Crippen LogP contribution in [0, 0.1) is 5.92 Å². The van der Waals surface area contributed by atoms with E-state index in [-0.39, 0.29) is 24.4 Å². The fraction of sp³-hybridized carbons (Fsp3) is 0.562. The number of aryl methyl sites for hydroxylation is 1. The number of carbonyl (C=O) groups excluding carboxylic acids is 1. The van der Waals surface area contributed by atoms with Crippen LogP contribution in [0.1, 0.15) is 18.4 Å². The summed E-state index contributed by atoms with van der Waals surface area (Å²) >= 11 is 0. The highest BCUT2D eigenvalue weighted by Crippen LogP contribution is 2.29. The lowest BCUT2D eigenvalue weighted by molar-refractivity contribution is -0.121. The minimum Gasteiger partial charge on any atom is -0.316 e. The lowest BCUT2D eigenvalue weighted by Gasteiger charge is -2.34. The van der Waals surface area contributed by atoms with Gasteiger partial charge in [-0.05, 0) is 37.4 Å². The molecule has 3 aliphatic heterocycles. The molecule has 5 nitrogen and oxygen atoms in total. The number of anilines is 1. The Labute approximate surface area is 137 Å². The van der Waals surface area contributed by atoms with Gasteiger partial charge in [-0.2, -0.15) is 0 Å². The maximum Gasteiger partial charge on any atom is 0.245 e. The van der Waals surface area contributed by atoms with Crippen molar-refractivity contribution in [1.82, 2.24) is 16.2 Å². The maximum absolute atomic E-state index is 13.0. The predicted molar refractivity (Wildman–Crippen MR) is 89.2 cm³/mol. The number of hydrogen-bond acceptors (Lipinski definition) is 4. The Bertz CT molecular complexity index is 553. The van der Waals surface area contributed by atoms with Gasteiger partial charge in [0.05, 0.1) is 0 Å². The number of fused-ring (bicyclic) bond motifs is 2. The van der Waals surface area contributed by atoms with Crippen LogP contribution in [-0.4, -0.2) is 37.6 Å². The van der Waals surface area contributed by atoms with E-state index in [1.165, 1.54) is 5.56 Å². The average Bonchev–Trinajstić information content (AvgIpc) is 2.98. The monoisotopic (exact) mass is 322 g/mol. The number of piperidine rings is 1. The fourth-order valence-electron chi connectivity index (χ4n) is 3.89. The van der Waals surface area contributed by atoms with Gasteiger partial charge in [0.1, 0.15) is 6.04 Å². The van der Waals surface area contributed by atoms with Crippen LogP contribution in [0.5, 0.6) is 0 Å². The zero-order chi connectivity index (χ0) is 14.2. The molecule has 1 amide bonds. The quantitative estimate of drug-likeness (QED) is 0.717. The summed E-state index contributed by atoms with van der Waals surface area (Å²) in [6, 6.07) is 8.60. The van der Waals surface area contributed by atoms with Crippen molar-refractivity contribution in [2.24, 2.45) is 5.92 Å². The number of rotatable bonds is 1. The molecule has 22 heavy (non-hydrogen) atoms. The van der Waals surface area contributed by atoms with Crippen molar-refractivity contribution >= 4 is 24.0 Å². The Morgan fingerprint density at radius 3 is 3.00 bits per heavy atom. The smallest absolute Gasteiger partial charge is 0.245 e. The van der Waals surface area contributed by atoms with Gasteiger partial charge in [0, 0.05) is 30.7 Å².